The van der Waals surface area contributed by atoms with Gasteiger partial charge in [0.2, 0.25) is 0 Å². The van der Waals surface area contributed by atoms with Crippen molar-refractivity contribution >= 4 is 34.7 Å². The van der Waals surface area contributed by atoms with E-state index in [2.05, 4.69) is 15.0 Å². The third kappa shape index (κ3) is 5.20. The monoisotopic (exact) mass is 550 g/mol. The Morgan fingerprint density at radius 1 is 1.16 bits per heavy atom. The fourth-order valence-corrected chi connectivity index (χ4v) is 6.63. The maximum atomic E-state index is 13.5. The molecule has 0 spiro atoms. The second-order valence-electron chi connectivity index (χ2n) is 10.6. The number of rotatable bonds is 7. The van der Waals surface area contributed by atoms with E-state index in [4.69, 9.17) is 11.6 Å². The van der Waals surface area contributed by atoms with Crippen LogP contribution in [0.5, 0.6) is 0 Å². The molecule has 4 atom stereocenters. The fourth-order valence-electron chi connectivity index (χ4n) is 6.40. The summed E-state index contributed by atoms with van der Waals surface area (Å²) in [5, 5.41) is 24.3. The van der Waals surface area contributed by atoms with Crippen LogP contribution >= 0.6 is 11.6 Å². The van der Waals surface area contributed by atoms with E-state index in [1.807, 2.05) is 18.2 Å². The summed E-state index contributed by atoms with van der Waals surface area (Å²) < 4.78 is 40.4. The van der Waals surface area contributed by atoms with Crippen molar-refractivity contribution in [1.29, 1.82) is 0 Å². The van der Waals surface area contributed by atoms with Gasteiger partial charge >= 0.3 is 12.1 Å². The smallest absolute Gasteiger partial charge is 0.431 e. The van der Waals surface area contributed by atoms with Crippen LogP contribution in [0, 0.1) is 23.7 Å². The first kappa shape index (κ1) is 26.7. The van der Waals surface area contributed by atoms with E-state index in [0.29, 0.717) is 34.2 Å². The Hall–Kier alpha value is -2.85. The van der Waals surface area contributed by atoms with Crippen LogP contribution in [-0.2, 0) is 17.8 Å². The van der Waals surface area contributed by atoms with Crippen LogP contribution in [0.3, 0.4) is 0 Å². The molecule has 2 bridgehead atoms. The van der Waals surface area contributed by atoms with Gasteiger partial charge < -0.3 is 15.1 Å². The number of carboxylic acids is 1. The zero-order chi connectivity index (χ0) is 27.2. The largest absolute Gasteiger partial charge is 0.481 e. The number of nitrogens with zero attached hydrogens (tertiary/aromatic N) is 4. The molecule has 1 aromatic heterocycles. The Labute approximate surface area is 223 Å². The summed E-state index contributed by atoms with van der Waals surface area (Å²) in [6.45, 7) is 2.97. The number of hydrogen-bond donors (Lipinski definition) is 2. The normalized spacial score (nSPS) is 27.1. The van der Waals surface area contributed by atoms with E-state index in [9.17, 15) is 28.2 Å². The average molecular weight is 551 g/mol. The molecule has 38 heavy (non-hydrogen) atoms. The number of carboxylic acid groups (broad SMARTS) is 1. The number of aromatic nitrogens is 1. The lowest BCUT2D eigenvalue weighted by molar-refractivity contribution is -0.137. The van der Waals surface area contributed by atoms with E-state index < -0.39 is 36.2 Å². The molecule has 3 aliphatic rings. The number of pyridine rings is 1. The molecule has 3 heterocycles. The number of alkyl halides is 3. The van der Waals surface area contributed by atoms with Gasteiger partial charge in [-0.05, 0) is 60.8 Å². The Morgan fingerprint density at radius 2 is 1.82 bits per heavy atom. The predicted molar refractivity (Wildman–Crippen MR) is 138 cm³/mol. The first-order valence-electron chi connectivity index (χ1n) is 12.8. The van der Waals surface area contributed by atoms with E-state index in [-0.39, 0.29) is 6.61 Å². The Balaban J connectivity index is 1.29. The zero-order valence-electron chi connectivity index (χ0n) is 20.9. The molecule has 2 fully saturated rings. The highest BCUT2D eigenvalue weighted by molar-refractivity contribution is 6.33. The molecule has 1 saturated carbocycles. The lowest BCUT2D eigenvalue weighted by Crippen LogP contribution is -2.43. The summed E-state index contributed by atoms with van der Waals surface area (Å²) in [4.78, 5) is 17.8. The number of carbonyl (C=O) groups is 1. The van der Waals surface area contributed by atoms with Crippen LogP contribution in [0.1, 0.15) is 37.4 Å². The van der Waals surface area contributed by atoms with Gasteiger partial charge in [0.1, 0.15) is 5.71 Å². The number of hydrogen-bond acceptors (Lipinski definition) is 6. The van der Waals surface area contributed by atoms with Crippen LogP contribution in [0.4, 0.5) is 24.5 Å². The van der Waals surface area contributed by atoms with Crippen LogP contribution < -0.4 is 9.91 Å². The highest BCUT2D eigenvalue weighted by Gasteiger charge is 2.49. The summed E-state index contributed by atoms with van der Waals surface area (Å²) in [6.07, 6.45) is -0.356. The minimum atomic E-state index is -4.61. The van der Waals surface area contributed by atoms with Crippen LogP contribution in [0.2, 0.25) is 5.02 Å². The number of piperidine rings is 1. The molecule has 2 aromatic rings. The van der Waals surface area contributed by atoms with Gasteiger partial charge in [-0.2, -0.15) is 18.3 Å². The third-order valence-corrected chi connectivity index (χ3v) is 8.60. The van der Waals surface area contributed by atoms with Crippen molar-refractivity contribution in [2.45, 2.75) is 51.4 Å². The van der Waals surface area contributed by atoms with Gasteiger partial charge in [-0.25, -0.2) is 0 Å². The van der Waals surface area contributed by atoms with Crippen molar-refractivity contribution < 1.29 is 28.2 Å². The second-order valence-corrected chi connectivity index (χ2v) is 11.0. The molecule has 11 heteroatoms. The summed E-state index contributed by atoms with van der Waals surface area (Å²) in [6, 6.07) is 8.26. The van der Waals surface area contributed by atoms with Crippen LogP contribution in [0.15, 0.2) is 41.6 Å². The number of benzene rings is 1. The quantitative estimate of drug-likeness (QED) is 0.496. The fraction of sp³-hybridized carbons (Fsp3) is 0.519. The van der Waals surface area contributed by atoms with Crippen molar-refractivity contribution in [3.63, 3.8) is 0 Å². The van der Waals surface area contributed by atoms with Crippen LogP contribution in [-0.4, -0.2) is 52.2 Å². The van der Waals surface area contributed by atoms with Gasteiger partial charge in [0, 0.05) is 25.2 Å². The minimum absolute atomic E-state index is 0.139. The lowest BCUT2D eigenvalue weighted by Gasteiger charge is -2.40. The van der Waals surface area contributed by atoms with Crippen molar-refractivity contribution in [3.05, 3.63) is 52.8 Å². The number of aliphatic hydroxyl groups is 1. The minimum Gasteiger partial charge on any atom is -0.481 e. The molecule has 204 valence electrons. The maximum Gasteiger partial charge on any atom is 0.431 e. The molecular formula is C27H30ClF3N4O3. The van der Waals surface area contributed by atoms with Gasteiger partial charge in [0.25, 0.3) is 0 Å². The average Bonchev–Trinajstić information content (AvgIpc) is 3.30. The number of aliphatic carboxylic acids is 1. The molecule has 5 rings (SSSR count). The summed E-state index contributed by atoms with van der Waals surface area (Å²) in [5.74, 6) is -0.767. The zero-order valence-corrected chi connectivity index (χ0v) is 21.7. The molecule has 1 aromatic carbocycles. The van der Waals surface area contributed by atoms with Gasteiger partial charge in [-0.1, -0.05) is 30.7 Å². The first-order chi connectivity index (χ1) is 18.0. The maximum absolute atomic E-state index is 13.5. The number of fused-ring (bicyclic) bond motifs is 2. The molecule has 2 aliphatic heterocycles. The Kier molecular flexibility index (Phi) is 7.30. The highest BCUT2D eigenvalue weighted by atomic mass is 35.5. The molecule has 7 nitrogen and oxygen atoms in total. The number of aliphatic hydroxyl groups excluding tert-OH is 1. The molecule has 0 amide bonds. The SMILES string of the molecule is C[C@@H]1C(C(F)(F)F)=NN(c2ccc(CC3C4CCC3CN(c3cc(CO)ncc3Cl)C4)cc2)[C@H]1CC(=O)O. The van der Waals surface area contributed by atoms with Gasteiger partial charge in [-0.15, -0.1) is 0 Å². The molecule has 0 radical (unpaired) electrons. The van der Waals surface area contributed by atoms with Gasteiger partial charge in [-0.3, -0.25) is 14.8 Å². The number of halogens is 4. The standard InChI is InChI=1S/C27H30ClF3N4O3/c1-15-23(10-25(37)38)35(33-26(15)27(29,30)31)20-6-2-16(3-7-20)8-21-17-4-5-18(21)13-34(12-17)24-9-19(14-36)32-11-22(24)28/h2-3,6-7,9,11,15,17-18,21,23,36H,4-5,8,10,12-14H2,1H3,(H,37,38)/t15-,17?,18?,21?,23-/m0/s1. The topological polar surface area (TPSA) is 89.3 Å². The molecular weight excluding hydrogens is 521 g/mol. The Bertz CT molecular complexity index is 1210. The molecule has 2 N–H and O–H groups in total. The van der Waals surface area contributed by atoms with Crippen molar-refractivity contribution in [1.82, 2.24) is 4.98 Å². The van der Waals surface area contributed by atoms with Gasteiger partial charge in [0.05, 0.1) is 41.2 Å². The predicted octanol–water partition coefficient (Wildman–Crippen LogP) is 5.15. The van der Waals surface area contributed by atoms with E-state index in [0.717, 1.165) is 43.6 Å². The highest BCUT2D eigenvalue weighted by Crippen LogP contribution is 2.46. The number of anilines is 2. The summed E-state index contributed by atoms with van der Waals surface area (Å²) >= 11 is 6.42. The van der Waals surface area contributed by atoms with E-state index >= 15 is 0 Å². The summed E-state index contributed by atoms with van der Waals surface area (Å²) in [5.41, 5.74) is 2.09. The van der Waals surface area contributed by atoms with Crippen molar-refractivity contribution in [2.75, 3.05) is 23.0 Å². The first-order valence-corrected chi connectivity index (χ1v) is 13.2. The lowest BCUT2D eigenvalue weighted by atomic mass is 9.80. The van der Waals surface area contributed by atoms with Crippen LogP contribution in [0.25, 0.3) is 0 Å². The molecule has 2 unspecified atom stereocenters. The van der Waals surface area contributed by atoms with Gasteiger partial charge in [0.15, 0.2) is 0 Å². The Morgan fingerprint density at radius 3 is 2.39 bits per heavy atom. The third-order valence-electron chi connectivity index (χ3n) is 8.31. The van der Waals surface area contributed by atoms with E-state index in [1.54, 1.807) is 18.3 Å². The van der Waals surface area contributed by atoms with E-state index in [1.165, 1.54) is 11.9 Å². The van der Waals surface area contributed by atoms with Crippen molar-refractivity contribution in [2.24, 2.45) is 28.8 Å². The molecule has 1 aliphatic carbocycles. The molecule has 1 saturated heterocycles. The number of hydrazone groups is 1. The summed E-state index contributed by atoms with van der Waals surface area (Å²) in [7, 11) is 0. The van der Waals surface area contributed by atoms with Crippen molar-refractivity contribution in [3.8, 4) is 0 Å². The second kappa shape index (κ2) is 10.4.